The Balaban J connectivity index is 2.16. The monoisotopic (exact) mass is 349 g/mol. The number of nitrogens with zero attached hydrogens (tertiary/aromatic N) is 1. The number of pyridine rings is 1. The molecule has 1 aromatic carbocycles. The number of aromatic nitrogens is 1. The zero-order valence-corrected chi connectivity index (χ0v) is 13.5. The molecule has 0 radical (unpaired) electrons. The largest absolute Gasteiger partial charge is 0.349 e. The van der Waals surface area contributed by atoms with E-state index in [1.165, 1.54) is 18.3 Å². The van der Waals surface area contributed by atoms with Gasteiger partial charge in [-0.25, -0.2) is 0 Å². The van der Waals surface area contributed by atoms with Crippen LogP contribution in [-0.2, 0) is 0 Å². The molecular weight excluding hydrogens is 337 g/mol. The van der Waals surface area contributed by atoms with Crippen LogP contribution in [0.5, 0.6) is 0 Å². The minimum absolute atomic E-state index is 0.104. The first-order chi connectivity index (χ1) is 11.0. The molecule has 0 atom stereocenters. The van der Waals surface area contributed by atoms with E-state index in [0.717, 1.165) is 0 Å². The van der Waals surface area contributed by atoms with Crippen molar-refractivity contribution in [2.75, 3.05) is 11.9 Å². The van der Waals surface area contributed by atoms with E-state index in [9.17, 15) is 9.59 Å². The standard InChI is InChI=1S/C16H13Cl2N3O2/c1-2-4-20-15(22)10-3-5-19-14(6-10)16(23)21-13-8-11(17)7-12(18)9-13/h2-3,5-9H,1,4H2,(H,20,22)(H,21,23). The number of halogens is 2. The van der Waals surface area contributed by atoms with Crippen LogP contribution in [0.15, 0.2) is 49.2 Å². The van der Waals surface area contributed by atoms with E-state index < -0.39 is 5.91 Å². The van der Waals surface area contributed by atoms with Gasteiger partial charge in [-0.15, -0.1) is 6.58 Å². The number of nitrogens with one attached hydrogen (secondary N) is 2. The summed E-state index contributed by atoms with van der Waals surface area (Å²) in [5.41, 5.74) is 0.874. The third-order valence-electron chi connectivity index (χ3n) is 2.78. The van der Waals surface area contributed by atoms with E-state index >= 15 is 0 Å². The summed E-state index contributed by atoms with van der Waals surface area (Å²) in [6.45, 7) is 3.86. The zero-order valence-electron chi connectivity index (χ0n) is 12.0. The van der Waals surface area contributed by atoms with Gasteiger partial charge in [0.1, 0.15) is 5.69 Å². The lowest BCUT2D eigenvalue weighted by atomic mass is 10.2. The Hall–Kier alpha value is -2.37. The molecule has 23 heavy (non-hydrogen) atoms. The van der Waals surface area contributed by atoms with Crippen molar-refractivity contribution in [3.8, 4) is 0 Å². The van der Waals surface area contributed by atoms with E-state index in [-0.39, 0.29) is 11.6 Å². The molecular formula is C16H13Cl2N3O2. The summed E-state index contributed by atoms with van der Waals surface area (Å²) in [5.74, 6) is -0.783. The smallest absolute Gasteiger partial charge is 0.274 e. The van der Waals surface area contributed by atoms with Gasteiger partial charge in [0.2, 0.25) is 0 Å². The first-order valence-electron chi connectivity index (χ1n) is 6.62. The summed E-state index contributed by atoms with van der Waals surface area (Å²) < 4.78 is 0. The summed E-state index contributed by atoms with van der Waals surface area (Å²) in [4.78, 5) is 28.1. The SMILES string of the molecule is C=CCNC(=O)c1ccnc(C(=O)Nc2cc(Cl)cc(Cl)c2)c1. The van der Waals surface area contributed by atoms with Crippen LogP contribution >= 0.6 is 23.2 Å². The molecule has 0 spiro atoms. The van der Waals surface area contributed by atoms with Crippen LogP contribution in [0.3, 0.4) is 0 Å². The van der Waals surface area contributed by atoms with E-state index in [2.05, 4.69) is 22.2 Å². The average molecular weight is 350 g/mol. The number of hydrogen-bond acceptors (Lipinski definition) is 3. The second-order valence-corrected chi connectivity index (χ2v) is 5.41. The molecule has 0 aliphatic rings. The maximum absolute atomic E-state index is 12.2. The third-order valence-corrected chi connectivity index (χ3v) is 3.22. The van der Waals surface area contributed by atoms with Gasteiger partial charge in [-0.1, -0.05) is 29.3 Å². The van der Waals surface area contributed by atoms with E-state index in [0.29, 0.717) is 27.8 Å². The number of amides is 2. The van der Waals surface area contributed by atoms with Crippen molar-refractivity contribution in [3.63, 3.8) is 0 Å². The molecule has 0 saturated carbocycles. The Labute approximate surface area is 143 Å². The summed E-state index contributed by atoms with van der Waals surface area (Å²) in [5, 5.41) is 6.06. The zero-order chi connectivity index (χ0) is 16.8. The topological polar surface area (TPSA) is 71.1 Å². The summed E-state index contributed by atoms with van der Waals surface area (Å²) in [7, 11) is 0. The second kappa shape index (κ2) is 7.76. The predicted molar refractivity (Wildman–Crippen MR) is 91.2 cm³/mol. The van der Waals surface area contributed by atoms with Crippen molar-refractivity contribution >= 4 is 40.7 Å². The number of benzene rings is 1. The van der Waals surface area contributed by atoms with Gasteiger partial charge in [-0.3, -0.25) is 14.6 Å². The maximum atomic E-state index is 12.2. The van der Waals surface area contributed by atoms with Crippen molar-refractivity contribution in [3.05, 3.63) is 70.5 Å². The molecule has 2 amide bonds. The Morgan fingerprint density at radius 2 is 1.83 bits per heavy atom. The highest BCUT2D eigenvalue weighted by Gasteiger charge is 2.12. The molecule has 118 valence electrons. The van der Waals surface area contributed by atoms with Crippen LogP contribution in [0.4, 0.5) is 5.69 Å². The number of rotatable bonds is 5. The quantitative estimate of drug-likeness (QED) is 0.810. The molecule has 1 aromatic heterocycles. The molecule has 0 bridgehead atoms. The molecule has 1 heterocycles. The lowest BCUT2D eigenvalue weighted by Gasteiger charge is -2.07. The summed E-state index contributed by atoms with van der Waals surface area (Å²) >= 11 is 11.8. The lowest BCUT2D eigenvalue weighted by Crippen LogP contribution is -2.24. The first-order valence-corrected chi connectivity index (χ1v) is 7.38. The fraction of sp³-hybridized carbons (Fsp3) is 0.0625. The predicted octanol–water partition coefficient (Wildman–Crippen LogP) is 3.56. The average Bonchev–Trinajstić information content (AvgIpc) is 2.51. The second-order valence-electron chi connectivity index (χ2n) is 4.54. The fourth-order valence-corrected chi connectivity index (χ4v) is 2.31. The van der Waals surface area contributed by atoms with Gasteiger partial charge in [0, 0.05) is 34.0 Å². The third kappa shape index (κ3) is 4.81. The fourth-order valence-electron chi connectivity index (χ4n) is 1.78. The molecule has 0 fully saturated rings. The van der Waals surface area contributed by atoms with Gasteiger partial charge in [-0.05, 0) is 30.3 Å². The van der Waals surface area contributed by atoms with Crippen molar-refractivity contribution in [2.24, 2.45) is 0 Å². The number of anilines is 1. The maximum Gasteiger partial charge on any atom is 0.274 e. The summed E-state index contributed by atoms with van der Waals surface area (Å²) in [6.07, 6.45) is 2.96. The van der Waals surface area contributed by atoms with Gasteiger partial charge >= 0.3 is 0 Å². The van der Waals surface area contributed by atoms with Gasteiger partial charge < -0.3 is 10.6 Å². The Morgan fingerprint density at radius 1 is 1.13 bits per heavy atom. The van der Waals surface area contributed by atoms with Crippen molar-refractivity contribution < 1.29 is 9.59 Å². The molecule has 2 rings (SSSR count). The highest BCUT2D eigenvalue weighted by molar-refractivity contribution is 6.35. The Bertz CT molecular complexity index is 742. The van der Waals surface area contributed by atoms with E-state index in [1.807, 2.05) is 0 Å². The van der Waals surface area contributed by atoms with Gasteiger partial charge in [-0.2, -0.15) is 0 Å². The van der Waals surface area contributed by atoms with Gasteiger partial charge in [0.15, 0.2) is 0 Å². The Morgan fingerprint density at radius 3 is 2.48 bits per heavy atom. The van der Waals surface area contributed by atoms with Crippen LogP contribution in [0.1, 0.15) is 20.8 Å². The van der Waals surface area contributed by atoms with Gasteiger partial charge in [0.25, 0.3) is 11.8 Å². The molecule has 0 aliphatic carbocycles. The van der Waals surface area contributed by atoms with Crippen molar-refractivity contribution in [1.29, 1.82) is 0 Å². The lowest BCUT2D eigenvalue weighted by molar-refractivity contribution is 0.0958. The van der Waals surface area contributed by atoms with Crippen LogP contribution in [0, 0.1) is 0 Å². The molecule has 0 saturated heterocycles. The van der Waals surface area contributed by atoms with Gasteiger partial charge in [0.05, 0.1) is 0 Å². The molecule has 0 unspecified atom stereocenters. The normalized spacial score (nSPS) is 10.0. The highest BCUT2D eigenvalue weighted by Crippen LogP contribution is 2.22. The highest BCUT2D eigenvalue weighted by atomic mass is 35.5. The van der Waals surface area contributed by atoms with Crippen LogP contribution < -0.4 is 10.6 Å². The number of carbonyl (C=O) groups is 2. The van der Waals surface area contributed by atoms with Crippen molar-refractivity contribution in [1.82, 2.24) is 10.3 Å². The number of carbonyl (C=O) groups excluding carboxylic acids is 2. The van der Waals surface area contributed by atoms with Crippen molar-refractivity contribution in [2.45, 2.75) is 0 Å². The number of hydrogen-bond donors (Lipinski definition) is 2. The minimum atomic E-state index is -0.471. The molecule has 7 heteroatoms. The molecule has 5 nitrogen and oxygen atoms in total. The minimum Gasteiger partial charge on any atom is -0.349 e. The molecule has 2 aromatic rings. The van der Waals surface area contributed by atoms with E-state index in [4.69, 9.17) is 23.2 Å². The molecule has 0 aliphatic heterocycles. The van der Waals surface area contributed by atoms with E-state index in [1.54, 1.807) is 24.3 Å². The Kier molecular flexibility index (Phi) is 5.73. The van der Waals surface area contributed by atoms with Crippen LogP contribution in [0.25, 0.3) is 0 Å². The van der Waals surface area contributed by atoms with Crippen LogP contribution in [-0.4, -0.2) is 23.3 Å². The first kappa shape index (κ1) is 17.0. The molecule has 2 N–H and O–H groups in total. The van der Waals surface area contributed by atoms with Crippen LogP contribution in [0.2, 0.25) is 10.0 Å². The summed E-state index contributed by atoms with van der Waals surface area (Å²) in [6, 6.07) is 7.60.